The number of imidazole rings is 1. The van der Waals surface area contributed by atoms with Crippen LogP contribution in [-0.2, 0) is 20.0 Å². The molecule has 0 amide bonds. The molecular weight excluding hydrogens is 340 g/mol. The van der Waals surface area contributed by atoms with Crippen molar-refractivity contribution in [1.29, 1.82) is 0 Å². The van der Waals surface area contributed by atoms with Crippen LogP contribution in [0.15, 0.2) is 53.3 Å². The van der Waals surface area contributed by atoms with E-state index in [0.29, 0.717) is 6.54 Å². The lowest BCUT2D eigenvalue weighted by molar-refractivity contribution is -0.657. The highest BCUT2D eigenvalue weighted by Gasteiger charge is 2.22. The molecule has 0 saturated carbocycles. The lowest BCUT2D eigenvalue weighted by atomic mass is 10.1. The number of fused-ring (bicyclic) bond motifs is 1. The van der Waals surface area contributed by atoms with E-state index in [1.54, 1.807) is 0 Å². The van der Waals surface area contributed by atoms with Crippen molar-refractivity contribution in [3.05, 3.63) is 64.4 Å². The Morgan fingerprint density at radius 3 is 2.50 bits per heavy atom. The maximum Gasteiger partial charge on any atom is 0.326 e. The normalized spacial score (nSPS) is 11.0. The van der Waals surface area contributed by atoms with Gasteiger partial charge in [0.05, 0.1) is 7.05 Å². The van der Waals surface area contributed by atoms with Gasteiger partial charge < -0.3 is 0 Å². The molecule has 0 unspecified atom stereocenters. The molecule has 0 aliphatic heterocycles. The van der Waals surface area contributed by atoms with Crippen LogP contribution in [0.2, 0.25) is 0 Å². The third-order valence-electron chi connectivity index (χ3n) is 4.02. The van der Waals surface area contributed by atoms with Crippen molar-refractivity contribution in [2.24, 2.45) is 7.05 Å². The van der Waals surface area contributed by atoms with Gasteiger partial charge in [-0.05, 0) is 24.1 Å². The Labute approximate surface area is 138 Å². The molecule has 0 aliphatic rings. The minimum Gasteiger partial charge on any atom is -0.290 e. The molecule has 3 nitrogen and oxygen atoms in total. The number of hydrogen-bond donors (Lipinski definition) is 0. The van der Waals surface area contributed by atoms with Gasteiger partial charge in [-0.25, -0.2) is 9.13 Å². The predicted octanol–water partition coefficient (Wildman–Crippen LogP) is 3.67. The molecule has 0 atom stereocenters. The van der Waals surface area contributed by atoms with E-state index in [9.17, 15) is 4.79 Å². The number of Topliss-reactive ketones (excluding diaryl/α,β-unsaturated/α-hetero) is 1. The van der Waals surface area contributed by atoms with Gasteiger partial charge in [0.1, 0.15) is 0 Å². The number of benzene rings is 2. The number of rotatable bonds is 4. The number of hydrogen-bond acceptors (Lipinski definition) is 1. The van der Waals surface area contributed by atoms with Gasteiger partial charge in [-0.15, -0.1) is 0 Å². The van der Waals surface area contributed by atoms with Crippen LogP contribution in [0.4, 0.5) is 0 Å². The van der Waals surface area contributed by atoms with E-state index in [1.807, 2.05) is 58.6 Å². The summed E-state index contributed by atoms with van der Waals surface area (Å²) >= 11 is 3.59. The van der Waals surface area contributed by atoms with Crippen LogP contribution in [0.3, 0.4) is 0 Å². The summed E-state index contributed by atoms with van der Waals surface area (Å²) in [6, 6.07) is 16.0. The molecule has 0 spiro atoms. The Kier molecular flexibility index (Phi) is 4.12. The van der Waals surface area contributed by atoms with Crippen molar-refractivity contribution in [3.63, 3.8) is 0 Å². The molecule has 4 heteroatoms. The first-order valence-electron chi connectivity index (χ1n) is 7.36. The fourth-order valence-electron chi connectivity index (χ4n) is 2.67. The summed E-state index contributed by atoms with van der Waals surface area (Å²) < 4.78 is 4.95. The number of para-hydroxylation sites is 2. The summed E-state index contributed by atoms with van der Waals surface area (Å²) in [7, 11) is 1.99. The first-order valence-corrected chi connectivity index (χ1v) is 8.16. The number of halogens is 1. The second-order valence-electron chi connectivity index (χ2n) is 5.38. The molecule has 0 bridgehead atoms. The first-order chi connectivity index (χ1) is 10.6. The predicted molar refractivity (Wildman–Crippen MR) is 91.0 cm³/mol. The molecule has 3 rings (SSSR count). The summed E-state index contributed by atoms with van der Waals surface area (Å²) in [5.74, 6) is 0.115. The number of aromatic nitrogens is 2. The topological polar surface area (TPSA) is 25.9 Å². The van der Waals surface area contributed by atoms with Gasteiger partial charge in [-0.3, -0.25) is 4.79 Å². The minimum absolute atomic E-state index is 0.115. The standard InChI is InChI=1S/C18H18BrN2O/c1-3-13-8-10-14(11-9-13)17(22)12-21-16-7-5-4-6-15(16)20(2)18(21)19/h4-11H,3,12H2,1-2H3/q+1. The van der Waals surface area contributed by atoms with Crippen molar-refractivity contribution < 1.29 is 9.36 Å². The lowest BCUT2D eigenvalue weighted by Gasteiger charge is -2.02. The zero-order valence-corrected chi connectivity index (χ0v) is 14.3. The molecule has 0 saturated heterocycles. The molecule has 2 aromatic carbocycles. The zero-order valence-electron chi connectivity index (χ0n) is 12.7. The van der Waals surface area contributed by atoms with Crippen molar-refractivity contribution in [2.45, 2.75) is 19.9 Å². The summed E-state index contributed by atoms with van der Waals surface area (Å²) in [5.41, 5.74) is 4.15. The molecule has 0 aliphatic carbocycles. The third-order valence-corrected chi connectivity index (χ3v) is 4.98. The molecule has 0 radical (unpaired) electrons. The summed E-state index contributed by atoms with van der Waals surface area (Å²) in [4.78, 5) is 12.6. The van der Waals surface area contributed by atoms with E-state index in [0.717, 1.165) is 27.8 Å². The molecule has 1 heterocycles. The number of carbonyl (C=O) groups excluding carboxylic acids is 1. The van der Waals surface area contributed by atoms with Crippen LogP contribution >= 0.6 is 15.9 Å². The van der Waals surface area contributed by atoms with E-state index < -0.39 is 0 Å². The molecule has 1 aromatic heterocycles. The van der Waals surface area contributed by atoms with Gasteiger partial charge in [0.15, 0.2) is 17.6 Å². The highest BCUT2D eigenvalue weighted by Crippen LogP contribution is 2.19. The maximum absolute atomic E-state index is 12.6. The second kappa shape index (κ2) is 6.05. The first kappa shape index (κ1) is 15.0. The van der Waals surface area contributed by atoms with Crippen LogP contribution in [0.25, 0.3) is 11.0 Å². The van der Waals surface area contributed by atoms with E-state index in [2.05, 4.69) is 28.9 Å². The maximum atomic E-state index is 12.6. The van der Waals surface area contributed by atoms with Crippen molar-refractivity contribution in [3.8, 4) is 0 Å². The Morgan fingerprint density at radius 1 is 1.14 bits per heavy atom. The molecule has 22 heavy (non-hydrogen) atoms. The summed E-state index contributed by atoms with van der Waals surface area (Å²) in [6.07, 6.45) is 0.984. The number of aryl methyl sites for hydroxylation is 2. The number of nitrogens with zero attached hydrogens (tertiary/aromatic N) is 2. The fraction of sp³-hybridized carbons (Fsp3) is 0.222. The molecule has 0 fully saturated rings. The molecule has 3 aromatic rings. The van der Waals surface area contributed by atoms with Crippen LogP contribution in [-0.4, -0.2) is 10.4 Å². The lowest BCUT2D eigenvalue weighted by Crippen LogP contribution is -2.29. The van der Waals surface area contributed by atoms with Crippen molar-refractivity contribution in [2.75, 3.05) is 0 Å². The van der Waals surface area contributed by atoms with Crippen molar-refractivity contribution >= 4 is 32.7 Å². The van der Waals surface area contributed by atoms with Crippen LogP contribution in [0, 0.1) is 0 Å². The van der Waals surface area contributed by atoms with Gasteiger partial charge >= 0.3 is 4.73 Å². The quantitative estimate of drug-likeness (QED) is 0.516. The molecule has 112 valence electrons. The Morgan fingerprint density at radius 2 is 1.82 bits per heavy atom. The van der Waals surface area contributed by atoms with E-state index in [4.69, 9.17) is 0 Å². The third kappa shape index (κ3) is 2.59. The van der Waals surface area contributed by atoms with E-state index >= 15 is 0 Å². The zero-order chi connectivity index (χ0) is 15.7. The molecule has 0 N–H and O–H groups in total. The van der Waals surface area contributed by atoms with Crippen LogP contribution < -0.4 is 4.57 Å². The van der Waals surface area contributed by atoms with E-state index in [1.165, 1.54) is 5.56 Å². The average Bonchev–Trinajstić information content (AvgIpc) is 2.80. The van der Waals surface area contributed by atoms with Gasteiger partial charge in [0.25, 0.3) is 0 Å². The second-order valence-corrected chi connectivity index (χ2v) is 6.09. The Bertz CT molecular complexity index is 834. The van der Waals surface area contributed by atoms with Crippen LogP contribution in [0.5, 0.6) is 0 Å². The average molecular weight is 358 g/mol. The van der Waals surface area contributed by atoms with Crippen LogP contribution in [0.1, 0.15) is 22.8 Å². The largest absolute Gasteiger partial charge is 0.326 e. The Hall–Kier alpha value is -1.94. The summed E-state index contributed by atoms with van der Waals surface area (Å²) in [6.45, 7) is 2.44. The minimum atomic E-state index is 0.115. The molecular formula is C18H18BrN2O+. The van der Waals surface area contributed by atoms with Gasteiger partial charge in [0.2, 0.25) is 5.78 Å². The number of carbonyl (C=O) groups is 1. The SMILES string of the molecule is CCc1ccc(C(=O)Cn2c(Br)[n+](C)c3ccccc32)cc1. The highest BCUT2D eigenvalue weighted by atomic mass is 79.9. The Balaban J connectivity index is 1.95. The summed E-state index contributed by atoms with van der Waals surface area (Å²) in [5, 5.41) is 0. The monoisotopic (exact) mass is 357 g/mol. The van der Waals surface area contributed by atoms with Crippen molar-refractivity contribution in [1.82, 2.24) is 4.57 Å². The smallest absolute Gasteiger partial charge is 0.290 e. The number of ketones is 1. The fourth-order valence-corrected chi connectivity index (χ4v) is 3.17. The van der Waals surface area contributed by atoms with Gasteiger partial charge in [-0.1, -0.05) is 43.3 Å². The van der Waals surface area contributed by atoms with E-state index in [-0.39, 0.29) is 5.78 Å². The van der Waals surface area contributed by atoms with Gasteiger partial charge in [0, 0.05) is 21.5 Å². The van der Waals surface area contributed by atoms with Gasteiger partial charge in [-0.2, -0.15) is 0 Å². The highest BCUT2D eigenvalue weighted by molar-refractivity contribution is 9.10.